The number of carboxylic acid groups (broad SMARTS) is 1. The number of allylic oxidation sites excluding steroid dienone is 2. The average Bonchev–Trinajstić information content (AvgIpc) is 0.825. The molecule has 18 atom stereocenters. The molecule has 3 fully saturated rings. The van der Waals surface area contributed by atoms with Crippen LogP contribution >= 0.6 is 0 Å². The maximum absolute atomic E-state index is 13.4. The summed E-state index contributed by atoms with van der Waals surface area (Å²) in [5, 5.41) is 136. The number of carbonyl (C=O) groups excluding carboxylic acids is 2. The van der Waals surface area contributed by atoms with Crippen LogP contribution in [0.25, 0.3) is 0 Å². The number of unbranched alkanes of at least 4 members (excludes halogenated alkanes) is 29. The molecule has 23 heteroatoms. The molecule has 3 aliphatic rings. The second kappa shape index (κ2) is 46.5. The first kappa shape index (κ1) is 79.7. The quantitative estimate of drug-likeness (QED) is 0.0264. The van der Waals surface area contributed by atoms with Crippen LogP contribution in [-0.2, 0) is 42.8 Å². The first-order valence-electron chi connectivity index (χ1n) is 34.0. The van der Waals surface area contributed by atoms with Gasteiger partial charge in [-0.25, -0.2) is 4.79 Å². The van der Waals surface area contributed by atoms with E-state index in [1.54, 1.807) is 0 Å². The van der Waals surface area contributed by atoms with E-state index < -0.39 is 148 Å². The summed E-state index contributed by atoms with van der Waals surface area (Å²) in [4.78, 5) is 38.5. The summed E-state index contributed by atoms with van der Waals surface area (Å²) in [7, 11) is 0. The fourth-order valence-corrected chi connectivity index (χ4v) is 12.0. The van der Waals surface area contributed by atoms with Gasteiger partial charge in [0.15, 0.2) is 12.6 Å². The summed E-state index contributed by atoms with van der Waals surface area (Å²) in [5.74, 6) is -6.10. The Bertz CT molecular complexity index is 1840. The molecule has 1 unspecified atom stereocenters. The molecule has 3 aliphatic heterocycles. The number of hydrogen-bond donors (Lipinski definition) is 14. The monoisotopic (exact) mass is 1260 g/mol. The van der Waals surface area contributed by atoms with Crippen LogP contribution in [0.3, 0.4) is 0 Å². The number of carbonyl (C=O) groups is 3. The highest BCUT2D eigenvalue weighted by Gasteiger charge is 2.60. The molecule has 0 aromatic carbocycles. The molecule has 0 aromatic rings. The van der Waals surface area contributed by atoms with Gasteiger partial charge in [-0.05, 0) is 38.5 Å². The maximum Gasteiger partial charge on any atom is 0.364 e. The summed E-state index contributed by atoms with van der Waals surface area (Å²) in [6, 6.07) is -2.53. The molecule has 88 heavy (non-hydrogen) atoms. The van der Waals surface area contributed by atoms with Crippen molar-refractivity contribution in [2.75, 3.05) is 26.4 Å². The van der Waals surface area contributed by atoms with E-state index in [9.17, 15) is 75.7 Å². The van der Waals surface area contributed by atoms with Crippen molar-refractivity contribution in [1.82, 2.24) is 10.6 Å². The molecule has 0 spiro atoms. The molecular formula is C65H120N2O21. The number of carboxylic acids is 1. The Morgan fingerprint density at radius 1 is 0.580 bits per heavy atom. The third-order valence-electron chi connectivity index (χ3n) is 17.5. The van der Waals surface area contributed by atoms with E-state index in [0.29, 0.717) is 19.3 Å². The average molecular weight is 1270 g/mol. The zero-order valence-electron chi connectivity index (χ0n) is 53.6. The molecule has 3 rings (SSSR count). The third-order valence-corrected chi connectivity index (χ3v) is 17.5. The van der Waals surface area contributed by atoms with Crippen molar-refractivity contribution in [2.45, 2.75) is 355 Å². The zero-order valence-corrected chi connectivity index (χ0v) is 53.6. The molecule has 14 N–H and O–H groups in total. The molecular weight excluding hydrogens is 1140 g/mol. The minimum Gasteiger partial charge on any atom is -0.477 e. The van der Waals surface area contributed by atoms with Gasteiger partial charge < -0.3 is 100 Å². The largest absolute Gasteiger partial charge is 0.477 e. The Morgan fingerprint density at radius 2 is 1.06 bits per heavy atom. The minimum atomic E-state index is -3.08. The maximum atomic E-state index is 13.4. The summed E-state index contributed by atoms with van der Waals surface area (Å²) in [6.45, 7) is 2.19. The molecule has 23 nitrogen and oxygen atoms in total. The molecule has 516 valence electrons. The Hall–Kier alpha value is -2.53. The number of amides is 2. The van der Waals surface area contributed by atoms with Gasteiger partial charge in [0, 0.05) is 19.8 Å². The Morgan fingerprint density at radius 3 is 1.53 bits per heavy atom. The SMILES string of the molecule is CCCCCCCC/C=C\CCCCCCCCCCCCCC(=O)N[C@@H](CO[C@@H]1O[C@H](CO)[C@@H](O[C@@H]2O[C@H](CO)[C@H](O)[C@H](O[C@]3(C(=O)O)C[C@H](O)[C@@H](NC(C)=O)C([C@H](O)[C@H](O)CO)O3)[C@H]2O)[C@H](O)[C@H]1O)[C@H](O)CCCCCCCCCCCCCCC. The lowest BCUT2D eigenvalue weighted by atomic mass is 9.88. The van der Waals surface area contributed by atoms with Crippen LogP contribution < -0.4 is 10.6 Å². The van der Waals surface area contributed by atoms with Crippen molar-refractivity contribution < 1.29 is 104 Å². The second-order valence-electron chi connectivity index (χ2n) is 25.0. The van der Waals surface area contributed by atoms with Gasteiger partial charge in [0.1, 0.15) is 67.1 Å². The van der Waals surface area contributed by atoms with Crippen molar-refractivity contribution in [3.05, 3.63) is 12.2 Å². The second-order valence-corrected chi connectivity index (χ2v) is 25.0. The van der Waals surface area contributed by atoms with E-state index in [0.717, 1.165) is 58.3 Å². The third kappa shape index (κ3) is 29.2. The highest BCUT2D eigenvalue weighted by Crippen LogP contribution is 2.39. The summed E-state index contributed by atoms with van der Waals surface area (Å²) in [6.07, 6.45) is 13.6. The van der Waals surface area contributed by atoms with Crippen LogP contribution in [0, 0.1) is 0 Å². The number of aliphatic hydroxyl groups is 11. The van der Waals surface area contributed by atoms with Crippen LogP contribution in [0.1, 0.15) is 245 Å². The molecule has 2 amide bonds. The van der Waals surface area contributed by atoms with E-state index in [1.807, 2.05) is 0 Å². The van der Waals surface area contributed by atoms with Crippen LogP contribution in [0.15, 0.2) is 12.2 Å². The molecule has 0 saturated carbocycles. The van der Waals surface area contributed by atoms with E-state index in [1.165, 1.54) is 141 Å². The van der Waals surface area contributed by atoms with Crippen molar-refractivity contribution in [3.8, 4) is 0 Å². The van der Waals surface area contributed by atoms with Crippen LogP contribution in [0.2, 0.25) is 0 Å². The normalized spacial score (nSPS) is 29.0. The highest BCUT2D eigenvalue weighted by molar-refractivity contribution is 5.77. The minimum absolute atomic E-state index is 0.224. The Balaban J connectivity index is 1.59. The fourth-order valence-electron chi connectivity index (χ4n) is 12.0. The molecule has 3 saturated heterocycles. The fraction of sp³-hybridized carbons (Fsp3) is 0.923. The lowest BCUT2D eigenvalue weighted by molar-refractivity contribution is -0.386. The number of rotatable bonds is 51. The van der Waals surface area contributed by atoms with Gasteiger partial charge in [-0.2, -0.15) is 0 Å². The standard InChI is InChI=1S/C65H120N2O21/c1-4-6-8-10-12-14-16-18-19-20-21-22-23-24-25-27-29-31-33-35-37-39-52(75)67-46(47(72)38-36-34-32-30-28-26-17-15-13-11-9-7-5-2)44-83-62-57(79)56(78)59(51(43-70)85-62)86-63-58(80)61(55(77)50(42-69)84-63)88-65(64(81)82)40-48(73)53(66-45(3)71)60(87-65)54(76)49(74)41-68/h18-19,46-51,53-63,68-70,72-74,76-80H,4-17,20-44H2,1-3H3,(H,66,71)(H,67,75)(H,81,82)/b19-18-/t46-,47+,48-,49+,50+,51+,53+,54+,55-,56+,57+,58+,59+,60?,61-,62+,63-,65-/m0/s1. The lowest BCUT2D eigenvalue weighted by Gasteiger charge is -2.50. The van der Waals surface area contributed by atoms with Gasteiger partial charge in [0.25, 0.3) is 5.79 Å². The molecule has 3 heterocycles. The van der Waals surface area contributed by atoms with Crippen molar-refractivity contribution in [3.63, 3.8) is 0 Å². The topological polar surface area (TPSA) is 373 Å². The lowest BCUT2D eigenvalue weighted by Crippen LogP contribution is -2.70. The van der Waals surface area contributed by atoms with Crippen molar-refractivity contribution in [1.29, 1.82) is 0 Å². The van der Waals surface area contributed by atoms with Crippen molar-refractivity contribution in [2.24, 2.45) is 0 Å². The smallest absolute Gasteiger partial charge is 0.364 e. The van der Waals surface area contributed by atoms with E-state index in [4.69, 9.17) is 28.4 Å². The summed E-state index contributed by atoms with van der Waals surface area (Å²) in [5.41, 5.74) is 0. The van der Waals surface area contributed by atoms with Crippen molar-refractivity contribution >= 4 is 17.8 Å². The summed E-state index contributed by atoms with van der Waals surface area (Å²) >= 11 is 0. The Kier molecular flexibility index (Phi) is 42.1. The predicted molar refractivity (Wildman–Crippen MR) is 329 cm³/mol. The molecule has 0 aromatic heterocycles. The number of aliphatic carboxylic acids is 1. The van der Waals surface area contributed by atoms with E-state index in [-0.39, 0.29) is 18.9 Å². The molecule has 0 bridgehead atoms. The highest BCUT2D eigenvalue weighted by atomic mass is 16.8. The number of ether oxygens (including phenoxy) is 6. The predicted octanol–water partition coefficient (Wildman–Crippen LogP) is 5.51. The van der Waals surface area contributed by atoms with Gasteiger partial charge in [0.2, 0.25) is 11.8 Å². The first-order chi connectivity index (χ1) is 42.4. The van der Waals surface area contributed by atoms with Gasteiger partial charge in [-0.1, -0.05) is 199 Å². The molecule has 0 radical (unpaired) electrons. The number of aliphatic hydroxyl groups excluding tert-OH is 11. The van der Waals surface area contributed by atoms with Gasteiger partial charge in [0.05, 0.1) is 50.7 Å². The zero-order chi connectivity index (χ0) is 64.7. The number of nitrogens with one attached hydrogen (secondary N) is 2. The van der Waals surface area contributed by atoms with Crippen LogP contribution in [-0.4, -0.2) is 215 Å². The van der Waals surface area contributed by atoms with E-state index in [2.05, 4.69) is 36.6 Å². The van der Waals surface area contributed by atoms with Crippen LogP contribution in [0.5, 0.6) is 0 Å². The molecule has 0 aliphatic carbocycles. The van der Waals surface area contributed by atoms with Gasteiger partial charge in [-0.15, -0.1) is 0 Å². The first-order valence-corrected chi connectivity index (χ1v) is 34.0. The van der Waals surface area contributed by atoms with Crippen LogP contribution in [0.4, 0.5) is 0 Å². The number of hydrogen-bond acceptors (Lipinski definition) is 20. The van der Waals surface area contributed by atoms with Gasteiger partial charge >= 0.3 is 5.97 Å². The van der Waals surface area contributed by atoms with Gasteiger partial charge in [-0.3, -0.25) is 9.59 Å². The Labute approximate surface area is 524 Å². The van der Waals surface area contributed by atoms with E-state index >= 15 is 0 Å². The summed E-state index contributed by atoms with van der Waals surface area (Å²) < 4.78 is 34.8.